The average molecular weight is 225 g/mol. The summed E-state index contributed by atoms with van der Waals surface area (Å²) in [5.74, 6) is 0.524. The molecule has 2 heterocycles. The van der Waals surface area contributed by atoms with Crippen LogP contribution in [-0.4, -0.2) is 49.1 Å². The minimum absolute atomic E-state index is 0.0165. The second kappa shape index (κ2) is 4.34. The van der Waals surface area contributed by atoms with E-state index in [-0.39, 0.29) is 17.5 Å². The molecule has 2 rings (SSSR count). The maximum Gasteiger partial charge on any atom is 0.237 e. The summed E-state index contributed by atoms with van der Waals surface area (Å²) in [5.41, 5.74) is 0.148. The molecule has 0 aromatic carbocycles. The van der Waals surface area contributed by atoms with Crippen molar-refractivity contribution in [2.75, 3.05) is 26.7 Å². The summed E-state index contributed by atoms with van der Waals surface area (Å²) in [6.07, 6.45) is 2.26. The largest absolute Gasteiger partial charge is 0.353 e. The van der Waals surface area contributed by atoms with Crippen molar-refractivity contribution >= 4 is 5.91 Å². The molecule has 2 N–H and O–H groups in total. The van der Waals surface area contributed by atoms with E-state index < -0.39 is 0 Å². The van der Waals surface area contributed by atoms with Crippen LogP contribution >= 0.6 is 0 Å². The highest BCUT2D eigenvalue weighted by Crippen LogP contribution is 2.25. The van der Waals surface area contributed by atoms with Gasteiger partial charge in [-0.05, 0) is 38.9 Å². The van der Waals surface area contributed by atoms with Crippen molar-refractivity contribution in [1.82, 2.24) is 15.5 Å². The fourth-order valence-electron chi connectivity index (χ4n) is 2.65. The van der Waals surface area contributed by atoms with Gasteiger partial charge in [-0.3, -0.25) is 10.1 Å². The van der Waals surface area contributed by atoms with E-state index >= 15 is 0 Å². The van der Waals surface area contributed by atoms with Crippen LogP contribution in [0.5, 0.6) is 0 Å². The fraction of sp³-hybridized carbons (Fsp3) is 0.917. The predicted octanol–water partition coefficient (Wildman–Crippen LogP) is 0.195. The van der Waals surface area contributed by atoms with Gasteiger partial charge in [-0.1, -0.05) is 13.8 Å². The third kappa shape index (κ3) is 2.23. The number of hydrogen-bond donors (Lipinski definition) is 2. The van der Waals surface area contributed by atoms with Crippen LogP contribution < -0.4 is 10.6 Å². The monoisotopic (exact) mass is 225 g/mol. The van der Waals surface area contributed by atoms with E-state index in [0.717, 1.165) is 32.5 Å². The molecule has 0 aliphatic carbocycles. The SMILES string of the molecule is CC(C)[C@@H]1NC2(CCN(C)CC2)CNC1=O. The van der Waals surface area contributed by atoms with Crippen LogP contribution in [0.25, 0.3) is 0 Å². The van der Waals surface area contributed by atoms with Gasteiger partial charge < -0.3 is 10.2 Å². The summed E-state index contributed by atoms with van der Waals surface area (Å²) < 4.78 is 0. The first-order valence-electron chi connectivity index (χ1n) is 6.26. The molecule has 0 saturated carbocycles. The highest BCUT2D eigenvalue weighted by molar-refractivity contribution is 5.83. The lowest BCUT2D eigenvalue weighted by atomic mass is 9.83. The van der Waals surface area contributed by atoms with Gasteiger partial charge in [-0.2, -0.15) is 0 Å². The molecule has 0 aromatic rings. The molecule has 2 aliphatic heterocycles. The smallest absolute Gasteiger partial charge is 0.237 e. The van der Waals surface area contributed by atoms with Crippen LogP contribution in [-0.2, 0) is 4.79 Å². The van der Waals surface area contributed by atoms with Crippen LogP contribution in [0.15, 0.2) is 0 Å². The molecule has 1 amide bonds. The Bertz CT molecular complexity index is 269. The first-order valence-corrected chi connectivity index (χ1v) is 6.26. The van der Waals surface area contributed by atoms with Crippen LogP contribution in [0.1, 0.15) is 26.7 Å². The number of nitrogens with one attached hydrogen (secondary N) is 2. The molecule has 92 valence electrons. The summed E-state index contributed by atoms with van der Waals surface area (Å²) in [5, 5.41) is 6.67. The van der Waals surface area contributed by atoms with Crippen molar-refractivity contribution < 1.29 is 4.79 Å². The van der Waals surface area contributed by atoms with E-state index in [9.17, 15) is 4.79 Å². The van der Waals surface area contributed by atoms with Gasteiger partial charge in [0.2, 0.25) is 5.91 Å². The average Bonchev–Trinajstić information content (AvgIpc) is 2.26. The van der Waals surface area contributed by atoms with E-state index in [1.54, 1.807) is 0 Å². The molecule has 16 heavy (non-hydrogen) atoms. The van der Waals surface area contributed by atoms with Crippen LogP contribution in [0.3, 0.4) is 0 Å². The zero-order valence-corrected chi connectivity index (χ0v) is 10.5. The predicted molar refractivity (Wildman–Crippen MR) is 64.2 cm³/mol. The highest BCUT2D eigenvalue weighted by Gasteiger charge is 2.41. The molecule has 2 saturated heterocycles. The number of piperazine rings is 1. The molecule has 1 atom stereocenters. The molecule has 2 fully saturated rings. The van der Waals surface area contributed by atoms with Gasteiger partial charge in [0.15, 0.2) is 0 Å². The zero-order chi connectivity index (χ0) is 11.8. The Morgan fingerprint density at radius 3 is 2.56 bits per heavy atom. The van der Waals surface area contributed by atoms with Crippen molar-refractivity contribution in [3.05, 3.63) is 0 Å². The maximum absolute atomic E-state index is 11.7. The van der Waals surface area contributed by atoms with Gasteiger partial charge in [-0.15, -0.1) is 0 Å². The Balaban J connectivity index is 2.04. The van der Waals surface area contributed by atoms with Gasteiger partial charge in [0, 0.05) is 12.1 Å². The standard InChI is InChI=1S/C12H23N3O/c1-9(2)10-11(16)13-8-12(14-10)4-6-15(3)7-5-12/h9-10,14H,4-8H2,1-3H3,(H,13,16)/t10-/m0/s1. The van der Waals surface area contributed by atoms with Crippen LogP contribution in [0.2, 0.25) is 0 Å². The second-order valence-corrected chi connectivity index (χ2v) is 5.67. The van der Waals surface area contributed by atoms with E-state index in [1.165, 1.54) is 0 Å². The molecule has 2 aliphatic rings. The minimum Gasteiger partial charge on any atom is -0.353 e. The molecule has 0 aromatic heterocycles. The van der Waals surface area contributed by atoms with Gasteiger partial charge in [0.1, 0.15) is 0 Å². The zero-order valence-electron chi connectivity index (χ0n) is 10.5. The Morgan fingerprint density at radius 1 is 1.38 bits per heavy atom. The number of hydrogen-bond acceptors (Lipinski definition) is 3. The lowest BCUT2D eigenvalue weighted by Gasteiger charge is -2.47. The summed E-state index contributed by atoms with van der Waals surface area (Å²) in [4.78, 5) is 14.1. The van der Waals surface area contributed by atoms with Gasteiger partial charge in [0.25, 0.3) is 0 Å². The Labute approximate surface area is 97.8 Å². The number of piperidine rings is 1. The van der Waals surface area contributed by atoms with Crippen LogP contribution in [0, 0.1) is 5.92 Å². The molecular weight excluding hydrogens is 202 g/mol. The quantitative estimate of drug-likeness (QED) is 0.670. The third-order valence-electron chi connectivity index (χ3n) is 3.96. The maximum atomic E-state index is 11.7. The number of nitrogens with zero attached hydrogens (tertiary/aromatic N) is 1. The van der Waals surface area contributed by atoms with E-state index in [4.69, 9.17) is 0 Å². The van der Waals surface area contributed by atoms with Gasteiger partial charge in [-0.25, -0.2) is 0 Å². The normalized spacial score (nSPS) is 30.8. The number of rotatable bonds is 1. The summed E-state index contributed by atoms with van der Waals surface area (Å²) in [6, 6.07) is -0.0165. The van der Waals surface area contributed by atoms with Crippen molar-refractivity contribution in [1.29, 1.82) is 0 Å². The van der Waals surface area contributed by atoms with Crippen molar-refractivity contribution in [2.45, 2.75) is 38.3 Å². The fourth-order valence-corrected chi connectivity index (χ4v) is 2.65. The lowest BCUT2D eigenvalue weighted by Crippen LogP contribution is -2.69. The van der Waals surface area contributed by atoms with E-state index in [2.05, 4.69) is 36.4 Å². The van der Waals surface area contributed by atoms with Crippen molar-refractivity contribution in [3.63, 3.8) is 0 Å². The van der Waals surface area contributed by atoms with Crippen molar-refractivity contribution in [2.24, 2.45) is 5.92 Å². The summed E-state index contributed by atoms with van der Waals surface area (Å²) >= 11 is 0. The molecule has 4 nitrogen and oxygen atoms in total. The topological polar surface area (TPSA) is 44.4 Å². The molecule has 0 radical (unpaired) electrons. The third-order valence-corrected chi connectivity index (χ3v) is 3.96. The first-order chi connectivity index (χ1) is 7.52. The molecule has 4 heteroatoms. The number of amides is 1. The molecule has 0 bridgehead atoms. The second-order valence-electron chi connectivity index (χ2n) is 5.67. The molecule has 0 unspecified atom stereocenters. The Morgan fingerprint density at radius 2 is 2.00 bits per heavy atom. The Hall–Kier alpha value is -0.610. The molecular formula is C12H23N3O. The van der Waals surface area contributed by atoms with E-state index in [0.29, 0.717) is 5.92 Å². The van der Waals surface area contributed by atoms with Gasteiger partial charge >= 0.3 is 0 Å². The molecule has 1 spiro atoms. The Kier molecular flexibility index (Phi) is 3.22. The number of carbonyl (C=O) groups excluding carboxylic acids is 1. The van der Waals surface area contributed by atoms with Gasteiger partial charge in [0.05, 0.1) is 6.04 Å². The number of carbonyl (C=O) groups is 1. The van der Waals surface area contributed by atoms with Crippen molar-refractivity contribution in [3.8, 4) is 0 Å². The van der Waals surface area contributed by atoms with Crippen LogP contribution in [0.4, 0.5) is 0 Å². The number of likely N-dealkylation sites (tertiary alicyclic amines) is 1. The minimum atomic E-state index is -0.0165. The highest BCUT2D eigenvalue weighted by atomic mass is 16.2. The first kappa shape index (κ1) is 11.9. The van der Waals surface area contributed by atoms with E-state index in [1.807, 2.05) is 0 Å². The summed E-state index contributed by atoms with van der Waals surface area (Å²) in [6.45, 7) is 7.24. The summed E-state index contributed by atoms with van der Waals surface area (Å²) in [7, 11) is 2.16. The lowest BCUT2D eigenvalue weighted by molar-refractivity contribution is -0.128.